The second kappa shape index (κ2) is 7.41. The number of nitrogens with zero attached hydrogens (tertiary/aromatic N) is 2. The molecule has 3 heteroatoms. The number of hydrogen-bond acceptors (Lipinski definition) is 1. The largest absolute Gasteiger partial charge is 0.457 e. The molecule has 3 nitrogen and oxygen atoms in total. The Morgan fingerprint density at radius 1 is 1.04 bits per heavy atom. The lowest BCUT2D eigenvalue weighted by atomic mass is 9.76. The van der Waals surface area contributed by atoms with Gasteiger partial charge in [-0.2, -0.15) is 4.79 Å². The van der Waals surface area contributed by atoms with Crippen LogP contribution in [0, 0.1) is 0 Å². The summed E-state index contributed by atoms with van der Waals surface area (Å²) in [6.07, 6.45) is 8.29. The van der Waals surface area contributed by atoms with Crippen molar-refractivity contribution in [1.82, 2.24) is 0 Å². The van der Waals surface area contributed by atoms with Crippen molar-refractivity contribution in [2.24, 2.45) is 0 Å². The van der Waals surface area contributed by atoms with Gasteiger partial charge < -0.3 is 10.3 Å². The zero-order valence-electron chi connectivity index (χ0n) is 16.4. The van der Waals surface area contributed by atoms with Gasteiger partial charge in [-0.1, -0.05) is 53.7 Å². The van der Waals surface area contributed by atoms with Gasteiger partial charge in [-0.15, -0.1) is 0 Å². The van der Waals surface area contributed by atoms with Crippen molar-refractivity contribution in [3.63, 3.8) is 0 Å². The molecule has 1 aliphatic rings. The highest BCUT2D eigenvalue weighted by Gasteiger charge is 2.27. The Kier molecular flexibility index (Phi) is 5.69. The number of benzene rings is 1. The Labute approximate surface area is 152 Å². The molecular weight excluding hydrogens is 308 g/mol. The first-order chi connectivity index (χ1) is 11.7. The molecule has 0 N–H and O–H groups in total. The van der Waals surface area contributed by atoms with Gasteiger partial charge in [-0.05, 0) is 47.5 Å². The van der Waals surface area contributed by atoms with Crippen LogP contribution in [0.25, 0.3) is 5.53 Å². The molecule has 0 radical (unpaired) electrons. The van der Waals surface area contributed by atoms with Gasteiger partial charge in [0.15, 0.2) is 0 Å². The number of allylic oxidation sites excluding steroid dienone is 3. The Morgan fingerprint density at radius 3 is 2.24 bits per heavy atom. The maximum Gasteiger partial charge on any atom is 0.296 e. The summed E-state index contributed by atoms with van der Waals surface area (Å²) in [7, 11) is 0. The van der Waals surface area contributed by atoms with Crippen LogP contribution in [0.3, 0.4) is 0 Å². The zero-order valence-corrected chi connectivity index (χ0v) is 16.4. The van der Waals surface area contributed by atoms with E-state index in [4.69, 9.17) is 10.3 Å². The molecular formula is C22H30N2O. The highest BCUT2D eigenvalue weighted by molar-refractivity contribution is 5.92. The predicted molar refractivity (Wildman–Crippen MR) is 104 cm³/mol. The van der Waals surface area contributed by atoms with Crippen LogP contribution in [0.5, 0.6) is 5.75 Å². The van der Waals surface area contributed by atoms with Crippen LogP contribution in [-0.2, 0) is 10.8 Å². The third-order valence-electron chi connectivity index (χ3n) is 5.57. The van der Waals surface area contributed by atoms with Gasteiger partial charge in [-0.3, -0.25) is 0 Å². The minimum Gasteiger partial charge on any atom is -0.457 e. The highest BCUT2D eigenvalue weighted by atomic mass is 16.5. The second-order valence-electron chi connectivity index (χ2n) is 8.02. The van der Waals surface area contributed by atoms with Crippen molar-refractivity contribution in [3.05, 3.63) is 58.8 Å². The second-order valence-corrected chi connectivity index (χ2v) is 8.02. The summed E-state index contributed by atoms with van der Waals surface area (Å²) in [6.45, 7) is 13.5. The molecule has 0 unspecified atom stereocenters. The summed E-state index contributed by atoms with van der Waals surface area (Å²) < 4.78 is 6.21. The number of ether oxygens (including phenoxy) is 1. The van der Waals surface area contributed by atoms with Crippen molar-refractivity contribution < 1.29 is 9.53 Å². The van der Waals surface area contributed by atoms with E-state index in [1.54, 1.807) is 6.08 Å². The summed E-state index contributed by atoms with van der Waals surface area (Å²) in [6, 6.07) is 6.60. The molecule has 0 fully saturated rings. The summed E-state index contributed by atoms with van der Waals surface area (Å²) in [5, 5.41) is 0. The van der Waals surface area contributed by atoms with Crippen LogP contribution < -0.4 is 4.74 Å². The smallest absolute Gasteiger partial charge is 0.296 e. The van der Waals surface area contributed by atoms with E-state index in [1.807, 2.05) is 12.2 Å². The SMILES string of the molecule is CCC(C)(C)c1ccc(OC2=CCC(=[N+]=[N-])C=C2)c(C(C)(C)CC)c1. The normalized spacial score (nSPS) is 15.0. The van der Waals surface area contributed by atoms with E-state index in [0.717, 1.165) is 24.4 Å². The molecule has 1 aromatic rings. The minimum atomic E-state index is 0.0336. The quantitative estimate of drug-likeness (QED) is 0.466. The molecule has 0 amide bonds. The Morgan fingerprint density at radius 2 is 1.72 bits per heavy atom. The standard InChI is InChI=1S/C22H30N2O/c1-7-21(3,4)16-9-14-20(19(15-16)22(5,6)8-2)25-18-12-10-17(24-23)11-13-18/h9-10,12-15H,7-8,11H2,1-6H3. The van der Waals surface area contributed by atoms with Gasteiger partial charge in [0.05, 0.1) is 6.42 Å². The molecule has 1 aromatic carbocycles. The topological polar surface area (TPSA) is 45.6 Å². The van der Waals surface area contributed by atoms with Crippen molar-refractivity contribution in [3.8, 4) is 5.75 Å². The molecule has 0 saturated carbocycles. The van der Waals surface area contributed by atoms with Crippen LogP contribution in [0.2, 0.25) is 0 Å². The van der Waals surface area contributed by atoms with E-state index in [0.29, 0.717) is 12.1 Å². The zero-order chi connectivity index (χ0) is 18.7. The molecule has 0 aromatic heterocycles. The van der Waals surface area contributed by atoms with Crippen LogP contribution >= 0.6 is 0 Å². The van der Waals surface area contributed by atoms with E-state index in [1.165, 1.54) is 11.1 Å². The van der Waals surface area contributed by atoms with Gasteiger partial charge in [0.2, 0.25) is 0 Å². The average Bonchev–Trinajstić information content (AvgIpc) is 2.62. The predicted octanol–water partition coefficient (Wildman–Crippen LogP) is 5.96. The first kappa shape index (κ1) is 19.2. The van der Waals surface area contributed by atoms with E-state index < -0.39 is 0 Å². The molecule has 25 heavy (non-hydrogen) atoms. The van der Waals surface area contributed by atoms with E-state index in [9.17, 15) is 0 Å². The third-order valence-corrected chi connectivity index (χ3v) is 5.57. The number of rotatable bonds is 6. The monoisotopic (exact) mass is 338 g/mol. The first-order valence-electron chi connectivity index (χ1n) is 9.15. The molecule has 0 aliphatic heterocycles. The van der Waals surface area contributed by atoms with Gasteiger partial charge in [0.1, 0.15) is 11.5 Å². The van der Waals surface area contributed by atoms with Gasteiger partial charge in [-0.25, -0.2) is 0 Å². The molecule has 2 rings (SSSR count). The maximum atomic E-state index is 8.85. The summed E-state index contributed by atoms with van der Waals surface area (Å²) >= 11 is 0. The van der Waals surface area contributed by atoms with Crippen LogP contribution in [0.1, 0.15) is 71.9 Å². The van der Waals surface area contributed by atoms with Crippen molar-refractivity contribution in [1.29, 1.82) is 0 Å². The lowest BCUT2D eigenvalue weighted by molar-refractivity contribution is -0.00549. The molecule has 0 spiro atoms. The number of hydrogen-bond donors (Lipinski definition) is 0. The van der Waals surface area contributed by atoms with Crippen LogP contribution in [0.4, 0.5) is 0 Å². The van der Waals surface area contributed by atoms with Gasteiger partial charge in [0.25, 0.3) is 5.71 Å². The first-order valence-corrected chi connectivity index (χ1v) is 9.15. The van der Waals surface area contributed by atoms with E-state index in [2.05, 4.69) is 64.5 Å². The average molecular weight is 338 g/mol. The Balaban J connectivity index is 2.42. The van der Waals surface area contributed by atoms with Crippen LogP contribution in [-0.4, -0.2) is 10.5 Å². The fraction of sp³-hybridized carbons (Fsp3) is 0.500. The van der Waals surface area contributed by atoms with Crippen molar-refractivity contribution >= 4 is 5.71 Å². The Hall–Kier alpha value is -2.12. The van der Waals surface area contributed by atoms with Crippen molar-refractivity contribution in [2.45, 2.75) is 71.6 Å². The Bertz CT molecular complexity index is 747. The fourth-order valence-electron chi connectivity index (χ4n) is 2.76. The maximum absolute atomic E-state index is 8.85. The van der Waals surface area contributed by atoms with Crippen LogP contribution in [0.15, 0.2) is 42.2 Å². The van der Waals surface area contributed by atoms with E-state index >= 15 is 0 Å². The fourth-order valence-corrected chi connectivity index (χ4v) is 2.76. The lowest BCUT2D eigenvalue weighted by Crippen LogP contribution is -2.21. The lowest BCUT2D eigenvalue weighted by Gasteiger charge is -2.30. The van der Waals surface area contributed by atoms with Gasteiger partial charge in [0, 0.05) is 11.6 Å². The van der Waals surface area contributed by atoms with Gasteiger partial charge >= 0.3 is 0 Å². The molecule has 0 heterocycles. The van der Waals surface area contributed by atoms with E-state index in [-0.39, 0.29) is 10.8 Å². The highest BCUT2D eigenvalue weighted by Crippen LogP contribution is 2.39. The van der Waals surface area contributed by atoms with Crippen molar-refractivity contribution in [2.75, 3.05) is 0 Å². The minimum absolute atomic E-state index is 0.0336. The molecule has 134 valence electrons. The summed E-state index contributed by atoms with van der Waals surface area (Å²) in [5.41, 5.74) is 12.3. The molecule has 0 atom stereocenters. The molecule has 0 saturated heterocycles. The third kappa shape index (κ3) is 4.29. The summed E-state index contributed by atoms with van der Waals surface area (Å²) in [5.74, 6) is 1.70. The summed E-state index contributed by atoms with van der Waals surface area (Å²) in [4.78, 5) is 3.24. The molecule has 0 bridgehead atoms. The molecule has 1 aliphatic carbocycles.